The molecule has 0 heterocycles. The van der Waals surface area contributed by atoms with E-state index in [2.05, 4.69) is 15.4 Å². The van der Waals surface area contributed by atoms with E-state index in [1.54, 1.807) is 56.5 Å². The standard InChI is InChI=1S/C16H19N3O4S/c1-11-4-5-13(10-15(11)19-24(3,21)22)18-16(20)17-12-6-8-14(23-2)9-7-12/h4-10,19H,1-3H3,(H2,17,18,20). The van der Waals surface area contributed by atoms with Crippen LogP contribution >= 0.6 is 0 Å². The molecule has 2 aromatic rings. The molecule has 0 aromatic heterocycles. The van der Waals surface area contributed by atoms with Gasteiger partial charge in [-0.1, -0.05) is 6.07 Å². The maximum atomic E-state index is 12.0. The van der Waals surface area contributed by atoms with Crippen LogP contribution in [0.4, 0.5) is 21.9 Å². The number of nitrogens with one attached hydrogen (secondary N) is 3. The lowest BCUT2D eigenvalue weighted by atomic mass is 10.2. The molecule has 0 saturated carbocycles. The van der Waals surface area contributed by atoms with Crippen molar-refractivity contribution >= 4 is 33.1 Å². The van der Waals surface area contributed by atoms with Gasteiger partial charge in [-0.2, -0.15) is 0 Å². The van der Waals surface area contributed by atoms with E-state index in [0.717, 1.165) is 11.8 Å². The Morgan fingerprint density at radius 3 is 2.17 bits per heavy atom. The van der Waals surface area contributed by atoms with Gasteiger partial charge in [-0.05, 0) is 48.9 Å². The van der Waals surface area contributed by atoms with Gasteiger partial charge in [0.05, 0.1) is 19.1 Å². The summed E-state index contributed by atoms with van der Waals surface area (Å²) in [4.78, 5) is 12.0. The third kappa shape index (κ3) is 5.17. The smallest absolute Gasteiger partial charge is 0.323 e. The van der Waals surface area contributed by atoms with Gasteiger partial charge in [0, 0.05) is 11.4 Å². The first-order valence-electron chi connectivity index (χ1n) is 7.07. The number of methoxy groups -OCH3 is 1. The van der Waals surface area contributed by atoms with Gasteiger partial charge in [-0.3, -0.25) is 4.72 Å². The predicted octanol–water partition coefficient (Wildman–Crippen LogP) is 3.02. The van der Waals surface area contributed by atoms with Crippen LogP contribution in [-0.2, 0) is 10.0 Å². The maximum absolute atomic E-state index is 12.0. The number of urea groups is 1. The van der Waals surface area contributed by atoms with Gasteiger partial charge in [0.1, 0.15) is 5.75 Å². The van der Waals surface area contributed by atoms with Crippen LogP contribution in [0.3, 0.4) is 0 Å². The lowest BCUT2D eigenvalue weighted by Crippen LogP contribution is -2.19. The van der Waals surface area contributed by atoms with Crippen molar-refractivity contribution in [3.63, 3.8) is 0 Å². The van der Waals surface area contributed by atoms with Crippen molar-refractivity contribution in [2.45, 2.75) is 6.92 Å². The highest BCUT2D eigenvalue weighted by molar-refractivity contribution is 7.92. The molecule has 0 saturated heterocycles. The lowest BCUT2D eigenvalue weighted by Gasteiger charge is -2.12. The van der Waals surface area contributed by atoms with E-state index in [-0.39, 0.29) is 0 Å². The van der Waals surface area contributed by atoms with E-state index in [9.17, 15) is 13.2 Å². The van der Waals surface area contributed by atoms with Gasteiger partial charge in [-0.25, -0.2) is 13.2 Å². The Labute approximate surface area is 141 Å². The van der Waals surface area contributed by atoms with Crippen LogP contribution < -0.4 is 20.1 Å². The molecule has 0 unspecified atom stereocenters. The van der Waals surface area contributed by atoms with Crippen LogP contribution in [0.5, 0.6) is 5.75 Å². The van der Waals surface area contributed by atoms with Crippen molar-refractivity contribution in [1.29, 1.82) is 0 Å². The minimum Gasteiger partial charge on any atom is -0.497 e. The van der Waals surface area contributed by atoms with Crippen molar-refractivity contribution in [3.05, 3.63) is 48.0 Å². The molecule has 2 aromatic carbocycles. The molecule has 0 bridgehead atoms. The zero-order valence-corrected chi connectivity index (χ0v) is 14.4. The third-order valence-corrected chi connectivity index (χ3v) is 3.73. The number of benzene rings is 2. The second-order valence-corrected chi connectivity index (χ2v) is 6.96. The summed E-state index contributed by atoms with van der Waals surface area (Å²) in [5.74, 6) is 0.691. The number of carbonyl (C=O) groups is 1. The van der Waals surface area contributed by atoms with Gasteiger partial charge >= 0.3 is 6.03 Å². The van der Waals surface area contributed by atoms with Crippen molar-refractivity contribution in [1.82, 2.24) is 0 Å². The molecule has 3 N–H and O–H groups in total. The molecule has 0 spiro atoms. The molecule has 0 fully saturated rings. The van der Waals surface area contributed by atoms with Crippen LogP contribution in [0.1, 0.15) is 5.56 Å². The number of ether oxygens (including phenoxy) is 1. The van der Waals surface area contributed by atoms with Gasteiger partial charge in [0.25, 0.3) is 0 Å². The highest BCUT2D eigenvalue weighted by Gasteiger charge is 2.08. The number of rotatable bonds is 5. The summed E-state index contributed by atoms with van der Waals surface area (Å²) in [6.07, 6.45) is 1.07. The fourth-order valence-electron chi connectivity index (χ4n) is 1.98. The topological polar surface area (TPSA) is 96.5 Å². The van der Waals surface area contributed by atoms with Crippen LogP contribution in [0.2, 0.25) is 0 Å². The SMILES string of the molecule is COc1ccc(NC(=O)Nc2ccc(C)c(NS(C)(=O)=O)c2)cc1. The summed E-state index contributed by atoms with van der Waals surface area (Å²) >= 11 is 0. The monoisotopic (exact) mass is 349 g/mol. The Balaban J connectivity index is 2.06. The van der Waals surface area contributed by atoms with Gasteiger partial charge < -0.3 is 15.4 Å². The number of amides is 2. The maximum Gasteiger partial charge on any atom is 0.323 e. The minimum atomic E-state index is -3.39. The molecule has 2 amide bonds. The Hall–Kier alpha value is -2.74. The summed E-state index contributed by atoms with van der Waals surface area (Å²) in [6, 6.07) is 11.4. The van der Waals surface area contributed by atoms with Crippen molar-refractivity contribution < 1.29 is 17.9 Å². The summed E-state index contributed by atoms with van der Waals surface area (Å²) in [6.45, 7) is 1.77. The normalized spacial score (nSPS) is 10.8. The first-order chi connectivity index (χ1) is 11.3. The van der Waals surface area contributed by atoms with E-state index in [1.807, 2.05) is 0 Å². The van der Waals surface area contributed by atoms with Gasteiger partial charge in [0.2, 0.25) is 10.0 Å². The lowest BCUT2D eigenvalue weighted by molar-refractivity contribution is 0.262. The summed E-state index contributed by atoms with van der Waals surface area (Å²) in [7, 11) is -1.83. The zero-order chi connectivity index (χ0) is 17.7. The Morgan fingerprint density at radius 1 is 1.00 bits per heavy atom. The molecule has 0 aliphatic carbocycles. The molecule has 7 nitrogen and oxygen atoms in total. The van der Waals surface area contributed by atoms with Crippen LogP contribution in [-0.4, -0.2) is 27.8 Å². The van der Waals surface area contributed by atoms with Crippen LogP contribution in [0.15, 0.2) is 42.5 Å². The quantitative estimate of drug-likeness (QED) is 0.773. The average molecular weight is 349 g/mol. The Bertz CT molecular complexity index is 833. The minimum absolute atomic E-state index is 0.416. The molecule has 0 aliphatic heterocycles. The molecule has 24 heavy (non-hydrogen) atoms. The number of carbonyl (C=O) groups excluding carboxylic acids is 1. The molecule has 2 rings (SSSR count). The van der Waals surface area contributed by atoms with Crippen LogP contribution in [0, 0.1) is 6.92 Å². The molecular formula is C16H19N3O4S. The van der Waals surface area contributed by atoms with E-state index in [1.165, 1.54) is 0 Å². The molecular weight excluding hydrogens is 330 g/mol. The van der Waals surface area contributed by atoms with E-state index < -0.39 is 16.1 Å². The summed E-state index contributed by atoms with van der Waals surface area (Å²) in [5, 5.41) is 5.34. The Morgan fingerprint density at radius 2 is 1.58 bits per heavy atom. The third-order valence-electron chi connectivity index (χ3n) is 3.14. The Kier molecular flexibility index (Phi) is 5.30. The molecule has 0 atom stereocenters. The van der Waals surface area contributed by atoms with Crippen molar-refractivity contribution in [2.75, 3.05) is 28.7 Å². The largest absolute Gasteiger partial charge is 0.497 e. The first-order valence-corrected chi connectivity index (χ1v) is 8.96. The van der Waals surface area contributed by atoms with E-state index in [0.29, 0.717) is 22.8 Å². The zero-order valence-electron chi connectivity index (χ0n) is 13.6. The molecule has 0 aliphatic rings. The number of anilines is 3. The second kappa shape index (κ2) is 7.22. The molecule has 8 heteroatoms. The predicted molar refractivity (Wildman–Crippen MR) is 95.3 cm³/mol. The number of hydrogen-bond acceptors (Lipinski definition) is 4. The highest BCUT2D eigenvalue weighted by Crippen LogP contribution is 2.21. The van der Waals surface area contributed by atoms with Gasteiger partial charge in [-0.15, -0.1) is 0 Å². The van der Waals surface area contributed by atoms with Gasteiger partial charge in [0.15, 0.2) is 0 Å². The second-order valence-electron chi connectivity index (χ2n) is 5.21. The first kappa shape index (κ1) is 17.6. The summed E-state index contributed by atoms with van der Waals surface area (Å²) in [5.41, 5.74) is 2.24. The molecule has 128 valence electrons. The van der Waals surface area contributed by atoms with E-state index in [4.69, 9.17) is 4.74 Å². The average Bonchev–Trinajstić information content (AvgIpc) is 2.50. The fourth-order valence-corrected chi connectivity index (χ4v) is 2.60. The van der Waals surface area contributed by atoms with Crippen molar-refractivity contribution in [3.8, 4) is 5.75 Å². The van der Waals surface area contributed by atoms with Crippen LogP contribution in [0.25, 0.3) is 0 Å². The molecule has 0 radical (unpaired) electrons. The van der Waals surface area contributed by atoms with E-state index >= 15 is 0 Å². The summed E-state index contributed by atoms with van der Waals surface area (Å²) < 4.78 is 30.2. The fraction of sp³-hybridized carbons (Fsp3) is 0.188. The number of hydrogen-bond donors (Lipinski definition) is 3. The number of aryl methyl sites for hydroxylation is 1. The van der Waals surface area contributed by atoms with Crippen molar-refractivity contribution in [2.24, 2.45) is 0 Å². The highest BCUT2D eigenvalue weighted by atomic mass is 32.2. The number of sulfonamides is 1.